The minimum absolute atomic E-state index is 0.113. The molecule has 0 aliphatic heterocycles. The Balaban J connectivity index is 2.87. The fourth-order valence-electron chi connectivity index (χ4n) is 1.05. The summed E-state index contributed by atoms with van der Waals surface area (Å²) in [5.74, 6) is -0.669. The lowest BCUT2D eigenvalue weighted by Crippen LogP contribution is -1.98. The molecule has 0 unspecified atom stereocenters. The van der Waals surface area contributed by atoms with Crippen LogP contribution in [0.1, 0.15) is 11.1 Å². The lowest BCUT2D eigenvalue weighted by Gasteiger charge is -2.06. The first-order valence-corrected chi connectivity index (χ1v) is 5.90. The van der Waals surface area contributed by atoms with Crippen molar-refractivity contribution in [1.82, 2.24) is 0 Å². The van der Waals surface area contributed by atoms with Gasteiger partial charge in [-0.1, -0.05) is 15.9 Å². The highest BCUT2D eigenvalue weighted by Crippen LogP contribution is 2.28. The van der Waals surface area contributed by atoms with E-state index in [1.54, 1.807) is 0 Å². The second kappa shape index (κ2) is 4.84. The van der Waals surface area contributed by atoms with Crippen molar-refractivity contribution in [3.63, 3.8) is 0 Å². The number of aliphatic carboxylic acids is 1. The van der Waals surface area contributed by atoms with Gasteiger partial charge in [-0.25, -0.2) is 0 Å². The Morgan fingerprint density at radius 2 is 2.07 bits per heavy atom. The molecule has 0 bridgehead atoms. The van der Waals surface area contributed by atoms with Gasteiger partial charge in [0.25, 0.3) is 0 Å². The molecule has 1 aromatic carbocycles. The standard InChI is InChI=1S/C10H11BrO2S/c1-6-4-9(14-5-10(12)13)7(2)3-8(6)11/h3-4H,5H2,1-2H3,(H,12,13). The van der Waals surface area contributed by atoms with Crippen molar-refractivity contribution >= 4 is 33.7 Å². The van der Waals surface area contributed by atoms with Gasteiger partial charge in [-0.15, -0.1) is 11.8 Å². The average molecular weight is 275 g/mol. The molecule has 14 heavy (non-hydrogen) atoms. The molecule has 0 aliphatic carbocycles. The number of rotatable bonds is 3. The molecule has 0 aliphatic rings. The molecular weight excluding hydrogens is 264 g/mol. The normalized spacial score (nSPS) is 10.2. The summed E-state index contributed by atoms with van der Waals surface area (Å²) in [5.41, 5.74) is 2.23. The summed E-state index contributed by atoms with van der Waals surface area (Å²) < 4.78 is 1.06. The van der Waals surface area contributed by atoms with Crippen LogP contribution in [0.15, 0.2) is 21.5 Å². The van der Waals surface area contributed by atoms with E-state index >= 15 is 0 Å². The molecule has 4 heteroatoms. The predicted octanol–water partition coefficient (Wildman–Crippen LogP) is 3.24. The molecule has 76 valence electrons. The third-order valence-electron chi connectivity index (χ3n) is 1.81. The zero-order valence-electron chi connectivity index (χ0n) is 8.00. The van der Waals surface area contributed by atoms with Gasteiger partial charge >= 0.3 is 5.97 Å². The van der Waals surface area contributed by atoms with Gasteiger partial charge < -0.3 is 5.11 Å². The van der Waals surface area contributed by atoms with E-state index in [9.17, 15) is 4.79 Å². The molecule has 1 N–H and O–H groups in total. The minimum atomic E-state index is -0.782. The predicted molar refractivity (Wildman–Crippen MR) is 62.0 cm³/mol. The Labute approximate surface area is 95.8 Å². The average Bonchev–Trinajstić information content (AvgIpc) is 2.09. The van der Waals surface area contributed by atoms with E-state index in [4.69, 9.17) is 5.11 Å². The van der Waals surface area contributed by atoms with Gasteiger partial charge in [0.15, 0.2) is 0 Å². The van der Waals surface area contributed by atoms with Crippen molar-refractivity contribution in [2.45, 2.75) is 18.7 Å². The van der Waals surface area contributed by atoms with E-state index in [1.165, 1.54) is 11.8 Å². The second-order valence-corrected chi connectivity index (χ2v) is 4.92. The van der Waals surface area contributed by atoms with Crippen LogP contribution in [0.4, 0.5) is 0 Å². The molecule has 1 aromatic rings. The molecular formula is C10H11BrO2S. The number of halogens is 1. The van der Waals surface area contributed by atoms with Crippen LogP contribution in [0, 0.1) is 13.8 Å². The van der Waals surface area contributed by atoms with Crippen molar-refractivity contribution in [2.24, 2.45) is 0 Å². The smallest absolute Gasteiger partial charge is 0.313 e. The number of aryl methyl sites for hydroxylation is 2. The van der Waals surface area contributed by atoms with Gasteiger partial charge in [0.2, 0.25) is 0 Å². The Morgan fingerprint density at radius 3 is 2.64 bits per heavy atom. The molecule has 0 atom stereocenters. The number of carboxylic acid groups (broad SMARTS) is 1. The van der Waals surface area contributed by atoms with Crippen LogP contribution >= 0.6 is 27.7 Å². The summed E-state index contributed by atoms with van der Waals surface area (Å²) in [5, 5.41) is 8.56. The van der Waals surface area contributed by atoms with E-state index in [0.29, 0.717) is 0 Å². The van der Waals surface area contributed by atoms with Crippen molar-refractivity contribution in [2.75, 3.05) is 5.75 Å². The van der Waals surface area contributed by atoms with Crippen LogP contribution in [0.3, 0.4) is 0 Å². The van der Waals surface area contributed by atoms with Gasteiger partial charge in [0, 0.05) is 9.37 Å². The first-order valence-electron chi connectivity index (χ1n) is 4.12. The Kier molecular flexibility index (Phi) is 4.01. The SMILES string of the molecule is Cc1cc(SCC(=O)O)c(C)cc1Br. The van der Waals surface area contributed by atoms with Crippen LogP contribution in [-0.4, -0.2) is 16.8 Å². The lowest BCUT2D eigenvalue weighted by atomic mass is 10.2. The number of hydrogen-bond donors (Lipinski definition) is 1. The molecule has 0 aromatic heterocycles. The molecule has 0 fully saturated rings. The minimum Gasteiger partial charge on any atom is -0.481 e. The maximum atomic E-state index is 10.4. The van der Waals surface area contributed by atoms with Crippen LogP contribution in [-0.2, 0) is 4.79 Å². The highest BCUT2D eigenvalue weighted by Gasteiger charge is 2.05. The Hall–Kier alpha value is -0.480. The van der Waals surface area contributed by atoms with Crippen molar-refractivity contribution in [3.05, 3.63) is 27.7 Å². The Morgan fingerprint density at radius 1 is 1.43 bits per heavy atom. The van der Waals surface area contributed by atoms with Gasteiger partial charge in [-0.2, -0.15) is 0 Å². The monoisotopic (exact) mass is 274 g/mol. The van der Waals surface area contributed by atoms with E-state index in [0.717, 1.165) is 20.5 Å². The Bertz CT molecular complexity index is 363. The van der Waals surface area contributed by atoms with E-state index in [2.05, 4.69) is 15.9 Å². The van der Waals surface area contributed by atoms with Crippen molar-refractivity contribution < 1.29 is 9.90 Å². The molecule has 0 heterocycles. The topological polar surface area (TPSA) is 37.3 Å². The van der Waals surface area contributed by atoms with Gasteiger partial charge in [0.1, 0.15) is 0 Å². The molecule has 2 nitrogen and oxygen atoms in total. The second-order valence-electron chi connectivity index (χ2n) is 3.05. The summed E-state index contributed by atoms with van der Waals surface area (Å²) in [6, 6.07) is 4.02. The molecule has 0 saturated carbocycles. The first kappa shape index (κ1) is 11.6. The molecule has 0 saturated heterocycles. The molecule has 0 spiro atoms. The highest BCUT2D eigenvalue weighted by molar-refractivity contribution is 9.10. The van der Waals surface area contributed by atoms with Crippen LogP contribution in [0.25, 0.3) is 0 Å². The van der Waals surface area contributed by atoms with E-state index in [-0.39, 0.29) is 5.75 Å². The van der Waals surface area contributed by atoms with Crippen LogP contribution in [0.2, 0.25) is 0 Å². The number of hydrogen-bond acceptors (Lipinski definition) is 2. The lowest BCUT2D eigenvalue weighted by molar-refractivity contribution is -0.133. The number of benzene rings is 1. The number of carbonyl (C=O) groups is 1. The number of thioether (sulfide) groups is 1. The largest absolute Gasteiger partial charge is 0.481 e. The highest BCUT2D eigenvalue weighted by atomic mass is 79.9. The van der Waals surface area contributed by atoms with Gasteiger partial charge in [-0.3, -0.25) is 4.79 Å². The summed E-state index contributed by atoms with van der Waals surface area (Å²) >= 11 is 4.79. The summed E-state index contributed by atoms with van der Waals surface area (Å²) in [6.45, 7) is 3.97. The van der Waals surface area contributed by atoms with E-state index in [1.807, 2.05) is 26.0 Å². The number of carboxylic acids is 1. The summed E-state index contributed by atoms with van der Waals surface area (Å²) in [7, 11) is 0. The third-order valence-corrected chi connectivity index (χ3v) is 3.80. The zero-order chi connectivity index (χ0) is 10.7. The van der Waals surface area contributed by atoms with Crippen LogP contribution < -0.4 is 0 Å². The van der Waals surface area contributed by atoms with Crippen molar-refractivity contribution in [3.8, 4) is 0 Å². The third kappa shape index (κ3) is 3.03. The van der Waals surface area contributed by atoms with Crippen molar-refractivity contribution in [1.29, 1.82) is 0 Å². The zero-order valence-corrected chi connectivity index (χ0v) is 10.4. The maximum absolute atomic E-state index is 10.4. The van der Waals surface area contributed by atoms with E-state index < -0.39 is 5.97 Å². The first-order chi connectivity index (χ1) is 6.50. The molecule has 0 radical (unpaired) electrons. The summed E-state index contributed by atoms with van der Waals surface area (Å²) in [4.78, 5) is 11.4. The molecule has 1 rings (SSSR count). The maximum Gasteiger partial charge on any atom is 0.313 e. The fraction of sp³-hybridized carbons (Fsp3) is 0.300. The summed E-state index contributed by atoms with van der Waals surface area (Å²) in [6.07, 6.45) is 0. The molecule has 0 amide bonds. The van der Waals surface area contributed by atoms with Crippen LogP contribution in [0.5, 0.6) is 0 Å². The van der Waals surface area contributed by atoms with Gasteiger partial charge in [-0.05, 0) is 37.1 Å². The quantitative estimate of drug-likeness (QED) is 0.860. The fourth-order valence-corrected chi connectivity index (χ4v) is 2.33. The van der Waals surface area contributed by atoms with Gasteiger partial charge in [0.05, 0.1) is 5.75 Å².